The van der Waals surface area contributed by atoms with Gasteiger partial charge in [0.25, 0.3) is 0 Å². The lowest BCUT2D eigenvalue weighted by Crippen LogP contribution is -2.66. The normalized spacial score (nSPS) is 17.1. The molecule has 6 rings (SSSR count). The zero-order valence-corrected chi connectivity index (χ0v) is 31.4. The molecule has 1 aromatic heterocycles. The molecule has 16 heteroatoms. The Morgan fingerprint density at radius 2 is 1.76 bits per heavy atom. The van der Waals surface area contributed by atoms with Gasteiger partial charge < -0.3 is 40.5 Å². The van der Waals surface area contributed by atoms with Crippen LogP contribution in [0.3, 0.4) is 0 Å². The zero-order valence-electron chi connectivity index (χ0n) is 30.6. The number of para-hydroxylation sites is 1. The van der Waals surface area contributed by atoms with E-state index in [1.54, 1.807) is 52.3 Å². The maximum absolute atomic E-state index is 14.4. The molecule has 0 spiro atoms. The van der Waals surface area contributed by atoms with Crippen LogP contribution in [-0.4, -0.2) is 120 Å². The number of ether oxygens (including phenoxy) is 2. The van der Waals surface area contributed by atoms with Crippen LogP contribution in [0.5, 0.6) is 11.5 Å². The molecule has 284 valence electrons. The van der Waals surface area contributed by atoms with Gasteiger partial charge in [-0.3, -0.25) is 14.6 Å². The first-order chi connectivity index (χ1) is 26.0. The van der Waals surface area contributed by atoms with Gasteiger partial charge in [-0.2, -0.15) is 5.01 Å². The predicted molar refractivity (Wildman–Crippen MR) is 205 cm³/mol. The summed E-state index contributed by atoms with van der Waals surface area (Å²) in [5.41, 5.74) is 9.22. The van der Waals surface area contributed by atoms with E-state index in [4.69, 9.17) is 15.2 Å². The topological polar surface area (TPSA) is 166 Å². The highest BCUT2D eigenvalue weighted by atomic mass is 32.1. The molecule has 2 saturated heterocycles. The number of benzene rings is 3. The van der Waals surface area contributed by atoms with Crippen molar-refractivity contribution in [1.29, 1.82) is 0 Å². The van der Waals surface area contributed by atoms with Crippen LogP contribution in [-0.2, 0) is 29.1 Å². The summed E-state index contributed by atoms with van der Waals surface area (Å²) in [6.45, 7) is 5.61. The van der Waals surface area contributed by atoms with Crippen molar-refractivity contribution in [2.24, 2.45) is 0 Å². The minimum absolute atomic E-state index is 0.111. The number of nitrogens with zero attached hydrogens (tertiary/aromatic N) is 6. The number of carbonyl (C=O) groups is 4. The summed E-state index contributed by atoms with van der Waals surface area (Å²) in [6, 6.07) is 18.7. The Labute approximate surface area is 317 Å². The van der Waals surface area contributed by atoms with Crippen LogP contribution < -0.4 is 25.8 Å². The van der Waals surface area contributed by atoms with Gasteiger partial charge in [0.05, 0.1) is 37.0 Å². The molecular weight excluding hydrogens is 711 g/mol. The molecule has 0 aliphatic carbocycles. The Morgan fingerprint density at radius 3 is 2.46 bits per heavy atom. The highest BCUT2D eigenvalue weighted by molar-refractivity contribution is 7.22. The minimum Gasteiger partial charge on any atom is -0.497 e. The maximum atomic E-state index is 14.4. The molecule has 2 fully saturated rings. The summed E-state index contributed by atoms with van der Waals surface area (Å²) in [5.74, 6) is 0.535. The highest BCUT2D eigenvalue weighted by Crippen LogP contribution is 2.32. The van der Waals surface area contributed by atoms with Crippen LogP contribution in [0.15, 0.2) is 79.4 Å². The maximum Gasteiger partial charge on any atom is 0.412 e. The van der Waals surface area contributed by atoms with Crippen molar-refractivity contribution in [2.45, 2.75) is 31.7 Å². The second-order valence-corrected chi connectivity index (χ2v) is 14.3. The number of amides is 5. The standard InChI is InChI=1S/C38H45N9O6S/c1-5-18-45(37(50)41-21-26-11-13-28(52-4)14-12-26)46-24-33(48)47-30(20-25-9-15-29(16-10-25)53-38(51)40-17-19-43(2)3)35(49)44(23-32(46)47)22-27-7-6-8-31-34(27)42-36(39)54-31/h5-16,30,32H,1,17-24H2,2-4H3,(H2,39,42)(H,40,51)(H,41,50)/t30-,32+/m0/s1. The van der Waals surface area contributed by atoms with Crippen LogP contribution in [0.2, 0.25) is 0 Å². The third kappa shape index (κ3) is 8.73. The van der Waals surface area contributed by atoms with E-state index in [-0.39, 0.29) is 51.0 Å². The largest absolute Gasteiger partial charge is 0.497 e. The number of hydrazine groups is 1. The third-order valence-corrected chi connectivity index (χ3v) is 10.1. The number of urea groups is 1. The molecule has 15 nitrogen and oxygen atoms in total. The lowest BCUT2D eigenvalue weighted by atomic mass is 9.99. The Balaban J connectivity index is 1.25. The molecule has 0 bridgehead atoms. The molecule has 4 aromatic rings. The molecule has 0 saturated carbocycles. The number of thiazole rings is 1. The molecule has 54 heavy (non-hydrogen) atoms. The van der Waals surface area contributed by atoms with Gasteiger partial charge in [0.15, 0.2) is 5.13 Å². The van der Waals surface area contributed by atoms with Crippen molar-refractivity contribution < 1.29 is 28.7 Å². The van der Waals surface area contributed by atoms with E-state index in [1.807, 2.05) is 61.5 Å². The van der Waals surface area contributed by atoms with Crippen molar-refractivity contribution in [1.82, 2.24) is 40.3 Å². The number of nitrogen functional groups attached to an aromatic ring is 1. The summed E-state index contributed by atoms with van der Waals surface area (Å²) in [7, 11) is 5.41. The summed E-state index contributed by atoms with van der Waals surface area (Å²) < 4.78 is 11.6. The first-order valence-electron chi connectivity index (χ1n) is 17.5. The van der Waals surface area contributed by atoms with Crippen LogP contribution in [0.25, 0.3) is 10.2 Å². The van der Waals surface area contributed by atoms with Gasteiger partial charge in [-0.05, 0) is 61.1 Å². The second kappa shape index (κ2) is 17.0. The molecule has 2 aliphatic rings. The predicted octanol–water partition coefficient (Wildman–Crippen LogP) is 3.27. The Morgan fingerprint density at radius 1 is 1.04 bits per heavy atom. The van der Waals surface area contributed by atoms with E-state index in [0.29, 0.717) is 29.7 Å². The van der Waals surface area contributed by atoms with Crippen molar-refractivity contribution in [2.75, 3.05) is 59.7 Å². The van der Waals surface area contributed by atoms with E-state index >= 15 is 0 Å². The number of anilines is 1. The molecule has 5 amide bonds. The van der Waals surface area contributed by atoms with E-state index < -0.39 is 24.3 Å². The van der Waals surface area contributed by atoms with E-state index in [1.165, 1.54) is 16.3 Å². The number of fused-ring (bicyclic) bond motifs is 2. The molecular formula is C38H45N9O6S. The number of aromatic nitrogens is 1. The average Bonchev–Trinajstić information content (AvgIpc) is 3.70. The van der Waals surface area contributed by atoms with Gasteiger partial charge in [-0.1, -0.05) is 53.8 Å². The second-order valence-electron chi connectivity index (χ2n) is 13.3. The monoisotopic (exact) mass is 755 g/mol. The Kier molecular flexibility index (Phi) is 11.9. The molecule has 3 aromatic carbocycles. The fraction of sp³-hybridized carbons (Fsp3) is 0.342. The van der Waals surface area contributed by atoms with Crippen LogP contribution in [0, 0.1) is 0 Å². The van der Waals surface area contributed by atoms with Crippen molar-refractivity contribution in [3.05, 3.63) is 96.1 Å². The molecule has 2 atom stereocenters. The third-order valence-electron chi connectivity index (χ3n) is 9.29. The highest BCUT2D eigenvalue weighted by Gasteiger charge is 2.52. The number of nitrogens with one attached hydrogen (secondary N) is 2. The summed E-state index contributed by atoms with van der Waals surface area (Å²) >= 11 is 1.37. The molecule has 0 unspecified atom stereocenters. The number of rotatable bonds is 14. The number of hydrogen-bond donors (Lipinski definition) is 3. The van der Waals surface area contributed by atoms with Crippen molar-refractivity contribution >= 4 is 50.6 Å². The quantitative estimate of drug-likeness (QED) is 0.163. The molecule has 0 radical (unpaired) electrons. The minimum atomic E-state index is -0.880. The van der Waals surface area contributed by atoms with Crippen LogP contribution in [0.1, 0.15) is 16.7 Å². The van der Waals surface area contributed by atoms with Gasteiger partial charge in [-0.15, -0.1) is 6.58 Å². The Hall–Kier alpha value is -5.71. The number of nitrogens with two attached hydrogens (primary N) is 1. The fourth-order valence-corrected chi connectivity index (χ4v) is 7.41. The fourth-order valence-electron chi connectivity index (χ4n) is 6.63. The summed E-state index contributed by atoms with van der Waals surface area (Å²) in [6.07, 6.45) is 0.574. The lowest BCUT2D eigenvalue weighted by molar-refractivity contribution is -0.157. The van der Waals surface area contributed by atoms with Crippen molar-refractivity contribution in [3.63, 3.8) is 0 Å². The number of piperazine rings is 1. The van der Waals surface area contributed by atoms with Gasteiger partial charge in [-0.25, -0.2) is 14.6 Å². The van der Waals surface area contributed by atoms with Gasteiger partial charge in [0, 0.05) is 32.6 Å². The number of methoxy groups -OCH3 is 1. The smallest absolute Gasteiger partial charge is 0.412 e. The number of hydrogen-bond acceptors (Lipinski definition) is 11. The van der Waals surface area contributed by atoms with Gasteiger partial charge in [0.1, 0.15) is 23.7 Å². The van der Waals surface area contributed by atoms with Gasteiger partial charge >= 0.3 is 12.1 Å². The van der Waals surface area contributed by atoms with Crippen LogP contribution in [0.4, 0.5) is 14.7 Å². The average molecular weight is 756 g/mol. The first kappa shape index (κ1) is 38.0. The summed E-state index contributed by atoms with van der Waals surface area (Å²) in [5, 5.41) is 9.29. The molecule has 4 N–H and O–H groups in total. The molecule has 3 heterocycles. The van der Waals surface area contributed by atoms with Crippen LogP contribution >= 0.6 is 11.3 Å². The number of carbonyl (C=O) groups excluding carboxylic acids is 4. The van der Waals surface area contributed by atoms with E-state index in [9.17, 15) is 19.2 Å². The lowest BCUT2D eigenvalue weighted by Gasteiger charge is -2.46. The van der Waals surface area contributed by atoms with Crippen molar-refractivity contribution in [3.8, 4) is 11.5 Å². The summed E-state index contributed by atoms with van der Waals surface area (Å²) in [4.78, 5) is 64.2. The first-order valence-corrected chi connectivity index (χ1v) is 18.3. The molecule has 2 aliphatic heterocycles. The van der Waals surface area contributed by atoms with E-state index in [0.717, 1.165) is 26.9 Å². The SMILES string of the molecule is C=CCN(C(=O)NCc1ccc(OC)cc1)N1CC(=O)N2[C@@H](Cc3ccc(OC(=O)NCCN(C)C)cc3)C(=O)N(Cc3cccc4sc(N)nc34)C[C@@H]21. The Bertz CT molecular complexity index is 1990. The number of likely N-dealkylation sites (N-methyl/N-ethyl adjacent to an activating group) is 1. The van der Waals surface area contributed by atoms with E-state index in [2.05, 4.69) is 22.2 Å². The zero-order chi connectivity index (χ0) is 38.4. The van der Waals surface area contributed by atoms with Gasteiger partial charge in [0.2, 0.25) is 11.8 Å².